The molecular formula is C7H10N8O3S. The van der Waals surface area contributed by atoms with Crippen LogP contribution in [-0.4, -0.2) is 56.2 Å². The molecule has 0 aliphatic rings. The van der Waals surface area contributed by atoms with Crippen molar-refractivity contribution >= 4 is 16.1 Å². The third-order valence-corrected chi connectivity index (χ3v) is 4.01. The molecule has 2 aromatic heterocycles. The van der Waals surface area contributed by atoms with Crippen molar-refractivity contribution in [2.24, 2.45) is 12.8 Å². The number of aromatic nitrogens is 6. The number of hydrogen-bond donors (Lipinski definition) is 2. The molecule has 12 heteroatoms. The number of carbonyl (C=O) groups is 1. The summed E-state index contributed by atoms with van der Waals surface area (Å²) in [5, 5.41) is 16.7. The highest BCUT2D eigenvalue weighted by molar-refractivity contribution is 7.89. The monoisotopic (exact) mass is 286 g/mol. The Hall–Kier alpha value is -2.50. The van der Waals surface area contributed by atoms with Crippen molar-refractivity contribution in [3.8, 4) is 11.4 Å². The lowest BCUT2D eigenvalue weighted by Gasteiger charge is -2.13. The van der Waals surface area contributed by atoms with Gasteiger partial charge in [0, 0.05) is 7.05 Å². The van der Waals surface area contributed by atoms with Crippen LogP contribution in [0.1, 0.15) is 0 Å². The number of nitrogens with zero attached hydrogens (tertiary/aromatic N) is 6. The van der Waals surface area contributed by atoms with Crippen molar-refractivity contribution in [2.75, 3.05) is 7.05 Å². The summed E-state index contributed by atoms with van der Waals surface area (Å²) in [4.78, 5) is 12.1. The molecular weight excluding hydrogens is 276 g/mol. The van der Waals surface area contributed by atoms with E-state index in [1.807, 2.05) is 0 Å². The second-order valence-electron chi connectivity index (χ2n) is 3.53. The second kappa shape index (κ2) is 4.31. The number of urea groups is 1. The molecule has 0 aliphatic carbocycles. The molecule has 2 rings (SSSR count). The number of aryl methyl sites for hydroxylation is 1. The van der Waals surface area contributed by atoms with Gasteiger partial charge in [-0.25, -0.2) is 9.10 Å². The number of H-pyrrole nitrogens is 1. The molecule has 0 saturated carbocycles. The largest absolute Gasteiger partial charge is 0.351 e. The van der Waals surface area contributed by atoms with Gasteiger partial charge >= 0.3 is 6.03 Å². The lowest BCUT2D eigenvalue weighted by Crippen LogP contribution is -2.37. The zero-order chi connectivity index (χ0) is 14.2. The molecule has 0 radical (unpaired) electrons. The minimum absolute atomic E-state index is 0.0627. The van der Waals surface area contributed by atoms with E-state index in [1.54, 1.807) is 0 Å². The van der Waals surface area contributed by atoms with Gasteiger partial charge in [-0.2, -0.15) is 18.3 Å². The fourth-order valence-electron chi connectivity index (χ4n) is 1.28. The predicted octanol–water partition coefficient (Wildman–Crippen LogP) is -1.70. The van der Waals surface area contributed by atoms with Crippen molar-refractivity contribution in [3.63, 3.8) is 0 Å². The smallest absolute Gasteiger partial charge is 0.328 e. The van der Waals surface area contributed by atoms with Crippen molar-refractivity contribution in [3.05, 3.63) is 6.20 Å². The number of primary amides is 1. The van der Waals surface area contributed by atoms with Crippen LogP contribution >= 0.6 is 0 Å². The Labute approximate surface area is 107 Å². The number of nitrogens with one attached hydrogen (secondary N) is 1. The summed E-state index contributed by atoms with van der Waals surface area (Å²) in [6.07, 6.45) is 1.22. The molecule has 2 aromatic rings. The van der Waals surface area contributed by atoms with E-state index in [9.17, 15) is 13.2 Å². The van der Waals surface area contributed by atoms with Gasteiger partial charge in [0.15, 0.2) is 5.03 Å². The van der Waals surface area contributed by atoms with Gasteiger partial charge in [-0.05, 0) is 5.21 Å². The first-order valence-electron chi connectivity index (χ1n) is 4.90. The maximum atomic E-state index is 12.1. The summed E-state index contributed by atoms with van der Waals surface area (Å²) in [6.45, 7) is 0. The van der Waals surface area contributed by atoms with Crippen LogP contribution < -0.4 is 5.73 Å². The number of nitrogens with two attached hydrogens (primary N) is 1. The molecule has 0 aromatic carbocycles. The van der Waals surface area contributed by atoms with Gasteiger partial charge < -0.3 is 5.73 Å². The number of carbonyl (C=O) groups excluding carboxylic acids is 1. The van der Waals surface area contributed by atoms with Gasteiger partial charge in [-0.1, -0.05) is 0 Å². The Kier molecular flexibility index (Phi) is 2.94. The summed E-state index contributed by atoms with van der Waals surface area (Å²) in [7, 11) is -1.58. The van der Waals surface area contributed by atoms with E-state index in [2.05, 4.69) is 25.6 Å². The first-order chi connectivity index (χ1) is 8.84. The van der Waals surface area contributed by atoms with Gasteiger partial charge in [0.1, 0.15) is 0 Å². The maximum absolute atomic E-state index is 12.1. The van der Waals surface area contributed by atoms with Crippen LogP contribution in [-0.2, 0) is 17.1 Å². The van der Waals surface area contributed by atoms with E-state index in [1.165, 1.54) is 13.2 Å². The van der Waals surface area contributed by atoms with Crippen LogP contribution in [0.3, 0.4) is 0 Å². The molecule has 2 heterocycles. The van der Waals surface area contributed by atoms with Gasteiger partial charge in [0.05, 0.1) is 18.8 Å². The molecule has 11 nitrogen and oxygen atoms in total. The Bertz CT molecular complexity index is 716. The number of rotatable bonds is 3. The van der Waals surface area contributed by atoms with Crippen molar-refractivity contribution in [1.29, 1.82) is 0 Å². The van der Waals surface area contributed by atoms with E-state index >= 15 is 0 Å². The fourth-order valence-corrected chi connectivity index (χ4v) is 2.38. The van der Waals surface area contributed by atoms with Crippen LogP contribution in [0.25, 0.3) is 11.4 Å². The molecule has 0 spiro atoms. The molecule has 19 heavy (non-hydrogen) atoms. The predicted molar refractivity (Wildman–Crippen MR) is 60.9 cm³/mol. The molecule has 0 fully saturated rings. The summed E-state index contributed by atoms with van der Waals surface area (Å²) in [6, 6.07) is -1.12. The van der Waals surface area contributed by atoms with Crippen molar-refractivity contribution < 1.29 is 13.2 Å². The highest BCUT2D eigenvalue weighted by Crippen LogP contribution is 2.23. The molecule has 0 atom stereocenters. The van der Waals surface area contributed by atoms with Crippen LogP contribution in [0, 0.1) is 0 Å². The first-order valence-corrected chi connectivity index (χ1v) is 6.34. The summed E-state index contributed by atoms with van der Waals surface area (Å²) in [5.41, 5.74) is 5.05. The van der Waals surface area contributed by atoms with Gasteiger partial charge in [-0.3, -0.25) is 5.10 Å². The average molecular weight is 286 g/mol. The maximum Gasteiger partial charge on any atom is 0.328 e. The summed E-state index contributed by atoms with van der Waals surface area (Å²) >= 11 is 0. The SMILES string of the molecule is CN(C(N)=O)S(=O)(=O)c1[nH]ncc1-c1nnn(C)n1. The van der Waals surface area contributed by atoms with Crippen molar-refractivity contribution in [1.82, 2.24) is 34.7 Å². The number of sulfonamides is 1. The van der Waals surface area contributed by atoms with E-state index in [4.69, 9.17) is 5.73 Å². The molecule has 3 N–H and O–H groups in total. The summed E-state index contributed by atoms with van der Waals surface area (Å²) in [5.74, 6) is 0.0627. The molecule has 0 unspecified atom stereocenters. The molecule has 102 valence electrons. The van der Waals surface area contributed by atoms with Crippen LogP contribution in [0.4, 0.5) is 4.79 Å². The number of amides is 2. The third kappa shape index (κ3) is 2.12. The average Bonchev–Trinajstić information content (AvgIpc) is 2.95. The minimum Gasteiger partial charge on any atom is -0.351 e. The van der Waals surface area contributed by atoms with Gasteiger partial charge in [0.25, 0.3) is 10.0 Å². The Morgan fingerprint density at radius 1 is 1.53 bits per heavy atom. The van der Waals surface area contributed by atoms with Crippen LogP contribution in [0.2, 0.25) is 0 Å². The molecule has 0 bridgehead atoms. The summed E-state index contributed by atoms with van der Waals surface area (Å²) < 4.78 is 24.6. The number of aromatic amines is 1. The van der Waals surface area contributed by atoms with Crippen LogP contribution in [0.5, 0.6) is 0 Å². The minimum atomic E-state index is -4.14. The highest BCUT2D eigenvalue weighted by Gasteiger charge is 2.30. The standard InChI is InChI=1S/C7H10N8O3S/c1-14(7(8)16)19(17,18)6-4(3-9-11-6)5-10-13-15(2)12-5/h3H,1-2H3,(H2,8,16)(H,9,11). The number of tetrazole rings is 1. The van der Waals surface area contributed by atoms with Crippen molar-refractivity contribution in [2.45, 2.75) is 5.03 Å². The lowest BCUT2D eigenvalue weighted by molar-refractivity contribution is 0.237. The van der Waals surface area contributed by atoms with Gasteiger partial charge in [-0.15, -0.1) is 10.2 Å². The van der Waals surface area contributed by atoms with E-state index in [0.29, 0.717) is 4.31 Å². The Balaban J connectivity index is 2.54. The zero-order valence-corrected chi connectivity index (χ0v) is 10.8. The quantitative estimate of drug-likeness (QED) is 0.681. The van der Waals surface area contributed by atoms with E-state index in [-0.39, 0.29) is 16.4 Å². The van der Waals surface area contributed by atoms with Gasteiger partial charge in [0.2, 0.25) is 5.82 Å². The molecule has 2 amide bonds. The zero-order valence-electron chi connectivity index (χ0n) is 9.97. The molecule has 0 aliphatic heterocycles. The molecule has 0 saturated heterocycles. The second-order valence-corrected chi connectivity index (χ2v) is 5.43. The lowest BCUT2D eigenvalue weighted by atomic mass is 10.3. The topological polar surface area (TPSA) is 153 Å². The highest BCUT2D eigenvalue weighted by atomic mass is 32.2. The Morgan fingerprint density at radius 2 is 2.21 bits per heavy atom. The third-order valence-electron chi connectivity index (χ3n) is 2.28. The van der Waals surface area contributed by atoms with E-state index < -0.39 is 16.1 Å². The normalized spacial score (nSPS) is 11.5. The first kappa shape index (κ1) is 12.9. The number of hydrogen-bond acceptors (Lipinski definition) is 7. The fraction of sp³-hybridized carbons (Fsp3) is 0.286. The van der Waals surface area contributed by atoms with Crippen LogP contribution in [0.15, 0.2) is 11.2 Å². The van der Waals surface area contributed by atoms with E-state index in [0.717, 1.165) is 11.8 Å². The Morgan fingerprint density at radius 3 is 2.74 bits per heavy atom.